The van der Waals surface area contributed by atoms with Crippen LogP contribution in [0, 0.1) is 0 Å². The van der Waals surface area contributed by atoms with E-state index in [2.05, 4.69) is 26.9 Å². The molecule has 146 valence electrons. The van der Waals surface area contributed by atoms with E-state index in [1.807, 2.05) is 34.8 Å². The number of carbonyl (C=O) groups is 1. The van der Waals surface area contributed by atoms with Crippen molar-refractivity contribution in [3.05, 3.63) is 53.5 Å². The summed E-state index contributed by atoms with van der Waals surface area (Å²) >= 11 is 0. The van der Waals surface area contributed by atoms with Crippen molar-refractivity contribution in [1.29, 1.82) is 0 Å². The largest absolute Gasteiger partial charge is 0.331 e. The molecular weight excluding hydrogens is 366 g/mol. The molecule has 4 aromatic rings. The van der Waals surface area contributed by atoms with Gasteiger partial charge in [0.25, 0.3) is 5.91 Å². The Labute approximate surface area is 167 Å². The Kier molecular flexibility index (Phi) is 3.44. The van der Waals surface area contributed by atoms with E-state index in [4.69, 9.17) is 10.1 Å². The maximum Gasteiger partial charge on any atom is 0.257 e. The van der Waals surface area contributed by atoms with Gasteiger partial charge in [-0.1, -0.05) is 12.1 Å². The van der Waals surface area contributed by atoms with Gasteiger partial charge in [-0.05, 0) is 31.0 Å². The summed E-state index contributed by atoms with van der Waals surface area (Å²) in [4.78, 5) is 19.7. The highest BCUT2D eigenvalue weighted by Crippen LogP contribution is 2.40. The number of aromatic amines is 1. The van der Waals surface area contributed by atoms with E-state index >= 15 is 0 Å². The third kappa shape index (κ3) is 2.59. The maximum atomic E-state index is 13.1. The number of nitrogens with zero attached hydrogens (tertiary/aromatic N) is 6. The van der Waals surface area contributed by atoms with Gasteiger partial charge in [-0.2, -0.15) is 10.2 Å². The second-order valence-electron chi connectivity index (χ2n) is 7.93. The molecule has 29 heavy (non-hydrogen) atoms. The Morgan fingerprint density at radius 2 is 2.07 bits per heavy atom. The first-order valence-electron chi connectivity index (χ1n) is 10.00. The SMILES string of the molecule is Cn1c(-c2cc3n(n2)CCN(C(=O)c2cn[nH]c2C2CC2)C3)nc2ccccc21. The number of aromatic nitrogens is 6. The Hall–Kier alpha value is -3.42. The average molecular weight is 387 g/mol. The number of hydrogen-bond donors (Lipinski definition) is 1. The number of nitrogens with one attached hydrogen (secondary N) is 1. The minimum Gasteiger partial charge on any atom is -0.331 e. The Bertz CT molecular complexity index is 1240. The molecule has 8 heteroatoms. The van der Waals surface area contributed by atoms with Gasteiger partial charge in [-0.15, -0.1) is 0 Å². The molecule has 1 aromatic carbocycles. The smallest absolute Gasteiger partial charge is 0.257 e. The van der Waals surface area contributed by atoms with Gasteiger partial charge in [0.15, 0.2) is 5.82 Å². The zero-order valence-electron chi connectivity index (χ0n) is 16.2. The van der Waals surface area contributed by atoms with Crippen LogP contribution in [0.1, 0.15) is 40.5 Å². The average Bonchev–Trinajstić information content (AvgIpc) is 3.18. The van der Waals surface area contributed by atoms with Gasteiger partial charge in [0.05, 0.1) is 47.3 Å². The molecular formula is C21H21N7O. The molecule has 3 aromatic heterocycles. The lowest BCUT2D eigenvalue weighted by molar-refractivity contribution is 0.0705. The number of imidazole rings is 1. The Balaban J connectivity index is 1.30. The summed E-state index contributed by atoms with van der Waals surface area (Å²) in [7, 11) is 2.01. The number of carbonyl (C=O) groups excluding carboxylic acids is 1. The van der Waals surface area contributed by atoms with Crippen molar-refractivity contribution in [1.82, 2.24) is 34.4 Å². The first-order chi connectivity index (χ1) is 14.2. The van der Waals surface area contributed by atoms with Gasteiger partial charge in [-0.3, -0.25) is 14.6 Å². The van der Waals surface area contributed by atoms with Gasteiger partial charge in [0.1, 0.15) is 5.69 Å². The molecule has 0 atom stereocenters. The van der Waals surface area contributed by atoms with Gasteiger partial charge < -0.3 is 9.47 Å². The molecule has 1 fully saturated rings. The normalized spacial score (nSPS) is 16.4. The van der Waals surface area contributed by atoms with E-state index < -0.39 is 0 Å². The molecule has 1 amide bonds. The summed E-state index contributed by atoms with van der Waals surface area (Å²) in [6.07, 6.45) is 3.94. The highest BCUT2D eigenvalue weighted by molar-refractivity contribution is 5.95. The standard InChI is InChI=1S/C21H21N7O/c1-26-18-5-3-2-4-16(18)23-20(26)17-10-14-12-27(8-9-28(14)25-17)21(29)15-11-22-24-19(15)13-6-7-13/h2-5,10-11,13H,6-9,12H2,1H3,(H,22,24). The number of amides is 1. The second kappa shape index (κ2) is 6.04. The number of para-hydroxylation sites is 2. The summed E-state index contributed by atoms with van der Waals surface area (Å²) in [6, 6.07) is 10.1. The number of rotatable bonds is 3. The van der Waals surface area contributed by atoms with Crippen LogP contribution in [0.2, 0.25) is 0 Å². The summed E-state index contributed by atoms with van der Waals surface area (Å²) in [5, 5.41) is 11.9. The van der Waals surface area contributed by atoms with Crippen LogP contribution in [0.15, 0.2) is 36.5 Å². The van der Waals surface area contributed by atoms with Crippen molar-refractivity contribution in [3.63, 3.8) is 0 Å². The van der Waals surface area contributed by atoms with Crippen LogP contribution in [0.5, 0.6) is 0 Å². The van der Waals surface area contributed by atoms with Crippen molar-refractivity contribution in [2.45, 2.75) is 31.8 Å². The zero-order valence-corrected chi connectivity index (χ0v) is 16.2. The molecule has 0 saturated heterocycles. The van der Waals surface area contributed by atoms with E-state index in [-0.39, 0.29) is 5.91 Å². The maximum absolute atomic E-state index is 13.1. The van der Waals surface area contributed by atoms with E-state index in [1.54, 1.807) is 6.20 Å². The van der Waals surface area contributed by atoms with Gasteiger partial charge >= 0.3 is 0 Å². The van der Waals surface area contributed by atoms with Gasteiger partial charge in [-0.25, -0.2) is 4.98 Å². The third-order valence-electron chi connectivity index (χ3n) is 5.99. The molecule has 4 heterocycles. The van der Waals surface area contributed by atoms with Crippen molar-refractivity contribution in [2.75, 3.05) is 6.54 Å². The molecule has 2 aliphatic rings. The molecule has 0 bridgehead atoms. The quantitative estimate of drug-likeness (QED) is 0.586. The van der Waals surface area contributed by atoms with Gasteiger partial charge in [0, 0.05) is 19.5 Å². The summed E-state index contributed by atoms with van der Waals surface area (Å²) in [5.74, 6) is 1.37. The monoisotopic (exact) mass is 387 g/mol. The lowest BCUT2D eigenvalue weighted by atomic mass is 10.1. The fourth-order valence-corrected chi connectivity index (χ4v) is 4.24. The molecule has 1 aliphatic carbocycles. The van der Waals surface area contributed by atoms with Crippen molar-refractivity contribution in [3.8, 4) is 11.5 Å². The molecule has 0 spiro atoms. The molecule has 1 aliphatic heterocycles. The summed E-state index contributed by atoms with van der Waals surface area (Å²) in [5.41, 5.74) is 5.63. The number of benzene rings is 1. The predicted octanol–water partition coefficient (Wildman–Crippen LogP) is 2.69. The minimum absolute atomic E-state index is 0.0531. The molecule has 6 rings (SSSR count). The molecule has 0 unspecified atom stereocenters. The minimum atomic E-state index is 0.0531. The number of fused-ring (bicyclic) bond motifs is 2. The highest BCUT2D eigenvalue weighted by atomic mass is 16.2. The molecule has 1 saturated carbocycles. The predicted molar refractivity (Wildman–Crippen MR) is 107 cm³/mol. The molecule has 0 radical (unpaired) electrons. The van der Waals surface area contributed by atoms with Crippen LogP contribution in [-0.2, 0) is 20.1 Å². The summed E-state index contributed by atoms with van der Waals surface area (Å²) < 4.78 is 4.07. The van der Waals surface area contributed by atoms with Crippen LogP contribution in [-0.4, -0.2) is 46.9 Å². The second-order valence-corrected chi connectivity index (χ2v) is 7.93. The van der Waals surface area contributed by atoms with E-state index in [0.29, 0.717) is 25.6 Å². The van der Waals surface area contributed by atoms with Crippen LogP contribution >= 0.6 is 0 Å². The van der Waals surface area contributed by atoms with Crippen molar-refractivity contribution in [2.24, 2.45) is 7.05 Å². The number of hydrogen-bond acceptors (Lipinski definition) is 4. The lowest BCUT2D eigenvalue weighted by Crippen LogP contribution is -2.38. The Morgan fingerprint density at radius 3 is 2.90 bits per heavy atom. The zero-order chi connectivity index (χ0) is 19.5. The number of H-pyrrole nitrogens is 1. The summed E-state index contributed by atoms with van der Waals surface area (Å²) in [6.45, 7) is 1.87. The van der Waals surface area contributed by atoms with Crippen molar-refractivity contribution >= 4 is 16.9 Å². The van der Waals surface area contributed by atoms with Gasteiger partial charge in [0.2, 0.25) is 0 Å². The fraction of sp³-hybridized carbons (Fsp3) is 0.333. The fourth-order valence-electron chi connectivity index (χ4n) is 4.24. The topological polar surface area (TPSA) is 84.6 Å². The van der Waals surface area contributed by atoms with E-state index in [1.165, 1.54) is 0 Å². The highest BCUT2D eigenvalue weighted by Gasteiger charge is 2.32. The van der Waals surface area contributed by atoms with E-state index in [9.17, 15) is 4.79 Å². The Morgan fingerprint density at radius 1 is 1.21 bits per heavy atom. The van der Waals surface area contributed by atoms with Crippen LogP contribution in [0.25, 0.3) is 22.6 Å². The molecule has 1 N–H and O–H groups in total. The first-order valence-corrected chi connectivity index (χ1v) is 10.00. The van der Waals surface area contributed by atoms with E-state index in [0.717, 1.165) is 52.3 Å². The van der Waals surface area contributed by atoms with Crippen molar-refractivity contribution < 1.29 is 4.79 Å². The van der Waals surface area contributed by atoms with Crippen LogP contribution in [0.4, 0.5) is 0 Å². The first kappa shape index (κ1) is 16.5. The third-order valence-corrected chi connectivity index (χ3v) is 5.99. The lowest BCUT2D eigenvalue weighted by Gasteiger charge is -2.27. The van der Waals surface area contributed by atoms with Crippen LogP contribution < -0.4 is 0 Å². The molecule has 8 nitrogen and oxygen atoms in total. The van der Waals surface area contributed by atoms with Crippen LogP contribution in [0.3, 0.4) is 0 Å². The number of aryl methyl sites for hydroxylation is 1.